The van der Waals surface area contributed by atoms with Gasteiger partial charge in [0.15, 0.2) is 5.78 Å². The van der Waals surface area contributed by atoms with Crippen molar-refractivity contribution in [1.82, 2.24) is 4.90 Å². The molecular formula is C27H43NO6. The first-order valence-electron chi connectivity index (χ1n) is 12.3. The van der Waals surface area contributed by atoms with E-state index in [4.69, 9.17) is 14.2 Å². The summed E-state index contributed by atoms with van der Waals surface area (Å²) >= 11 is 0. The van der Waals surface area contributed by atoms with E-state index in [2.05, 4.69) is 0 Å². The molecule has 1 aliphatic carbocycles. The summed E-state index contributed by atoms with van der Waals surface area (Å²) < 4.78 is 15.7. The van der Waals surface area contributed by atoms with E-state index >= 15 is 0 Å². The molecule has 0 aromatic heterocycles. The van der Waals surface area contributed by atoms with Gasteiger partial charge in [-0.25, -0.2) is 4.79 Å². The van der Waals surface area contributed by atoms with Crippen LogP contribution in [-0.2, 0) is 25.5 Å². The van der Waals surface area contributed by atoms with E-state index in [9.17, 15) is 14.4 Å². The number of aryl methyl sites for hydroxylation is 1. The van der Waals surface area contributed by atoms with Crippen LogP contribution in [0.1, 0.15) is 71.9 Å². The van der Waals surface area contributed by atoms with E-state index in [1.807, 2.05) is 66.7 Å². The molecule has 7 heteroatoms. The summed E-state index contributed by atoms with van der Waals surface area (Å²) in [6.45, 7) is 13.8. The lowest BCUT2D eigenvalue weighted by molar-refractivity contribution is -0.144. The Balaban J connectivity index is 0.00000104. The topological polar surface area (TPSA) is 82.1 Å². The number of hydrogen-bond acceptors (Lipinski definition) is 6. The van der Waals surface area contributed by atoms with Crippen LogP contribution in [0, 0.1) is 18.8 Å². The third-order valence-electron chi connectivity index (χ3n) is 5.10. The number of amides is 1. The monoisotopic (exact) mass is 477 g/mol. The molecule has 1 unspecified atom stereocenters. The van der Waals surface area contributed by atoms with Gasteiger partial charge in [0, 0.05) is 13.1 Å². The molecule has 1 aliphatic heterocycles. The molecule has 1 aromatic rings. The van der Waals surface area contributed by atoms with Crippen LogP contribution in [0.5, 0.6) is 5.75 Å². The molecule has 1 saturated heterocycles. The Kier molecular flexibility index (Phi) is 12.1. The predicted molar refractivity (Wildman–Crippen MR) is 133 cm³/mol. The maximum absolute atomic E-state index is 12.3. The van der Waals surface area contributed by atoms with E-state index in [0.717, 1.165) is 11.1 Å². The second-order valence-electron chi connectivity index (χ2n) is 9.63. The highest BCUT2D eigenvalue weighted by Gasteiger charge is 2.37. The number of carbonyl (C=O) groups excluding carboxylic acids is 3. The summed E-state index contributed by atoms with van der Waals surface area (Å²) in [6, 6.07) is 5.66. The van der Waals surface area contributed by atoms with Crippen molar-refractivity contribution in [2.75, 3.05) is 26.8 Å². The molecule has 2 aliphatic rings. The standard InChI is InChI=1S/C22H31NO6.C3H6.C2H6/c1-14-9-16(10-15(2)20(25)27-6)7-8-19(14)28-13-18(24)17-11-23(12-17)21(26)29-22(3,4)5;1-2-3-1;1-2/h7-9,15,17H,10-13H2,1-6H3;1-3H2;1-2H3. The lowest BCUT2D eigenvalue weighted by atomic mass is 9.96. The number of benzene rings is 1. The maximum Gasteiger partial charge on any atom is 0.410 e. The fourth-order valence-corrected chi connectivity index (χ4v) is 3.06. The fraction of sp³-hybridized carbons (Fsp3) is 0.667. The largest absolute Gasteiger partial charge is 0.486 e. The normalized spacial score (nSPS) is 15.4. The average Bonchev–Trinajstić information content (AvgIpc) is 3.61. The van der Waals surface area contributed by atoms with Crippen LogP contribution in [-0.4, -0.2) is 55.2 Å². The molecule has 1 heterocycles. The highest BCUT2D eigenvalue weighted by Crippen LogP contribution is 2.23. The number of hydrogen-bond donors (Lipinski definition) is 0. The van der Waals surface area contributed by atoms with Gasteiger partial charge < -0.3 is 19.1 Å². The molecule has 0 radical (unpaired) electrons. The van der Waals surface area contributed by atoms with Crippen molar-refractivity contribution in [3.8, 4) is 5.75 Å². The van der Waals surface area contributed by atoms with Crippen LogP contribution < -0.4 is 4.74 Å². The number of likely N-dealkylation sites (tertiary alicyclic amines) is 1. The zero-order valence-electron chi connectivity index (χ0n) is 22.2. The molecule has 1 aromatic carbocycles. The average molecular weight is 478 g/mol. The fourth-order valence-electron chi connectivity index (χ4n) is 3.06. The van der Waals surface area contributed by atoms with Gasteiger partial charge in [-0.2, -0.15) is 0 Å². The second-order valence-corrected chi connectivity index (χ2v) is 9.63. The minimum Gasteiger partial charge on any atom is -0.486 e. The Morgan fingerprint density at radius 3 is 2.15 bits per heavy atom. The van der Waals surface area contributed by atoms with E-state index in [1.54, 1.807) is 0 Å². The maximum atomic E-state index is 12.3. The Bertz CT molecular complexity index is 803. The van der Waals surface area contributed by atoms with Crippen molar-refractivity contribution >= 4 is 17.8 Å². The molecule has 34 heavy (non-hydrogen) atoms. The zero-order valence-corrected chi connectivity index (χ0v) is 22.2. The van der Waals surface area contributed by atoms with Gasteiger partial charge in [0.2, 0.25) is 0 Å². The van der Waals surface area contributed by atoms with Crippen molar-refractivity contribution < 1.29 is 28.6 Å². The quantitative estimate of drug-likeness (QED) is 0.492. The summed E-state index contributed by atoms with van der Waals surface area (Å²) in [4.78, 5) is 37.3. The first-order chi connectivity index (χ1) is 16.0. The van der Waals surface area contributed by atoms with E-state index < -0.39 is 11.7 Å². The molecule has 1 atom stereocenters. The van der Waals surface area contributed by atoms with Gasteiger partial charge in [0.05, 0.1) is 18.9 Å². The van der Waals surface area contributed by atoms with Gasteiger partial charge in [0.1, 0.15) is 18.0 Å². The number of methoxy groups -OCH3 is 1. The molecule has 2 fully saturated rings. The van der Waals surface area contributed by atoms with Gasteiger partial charge in [-0.05, 0) is 51.3 Å². The molecule has 192 valence electrons. The lowest BCUT2D eigenvalue weighted by Gasteiger charge is -2.38. The predicted octanol–water partition coefficient (Wildman–Crippen LogP) is 5.36. The van der Waals surface area contributed by atoms with Crippen LogP contribution >= 0.6 is 0 Å². The van der Waals surface area contributed by atoms with E-state index in [0.29, 0.717) is 25.3 Å². The number of rotatable bonds is 7. The summed E-state index contributed by atoms with van der Waals surface area (Å²) in [5.41, 5.74) is 1.36. The number of carbonyl (C=O) groups is 3. The van der Waals surface area contributed by atoms with Crippen LogP contribution in [0.25, 0.3) is 0 Å². The minimum atomic E-state index is -0.548. The molecule has 1 amide bonds. The SMILES string of the molecule is C1CC1.CC.COC(=O)C(C)Cc1ccc(OCC(=O)C2CN(C(=O)OC(C)(C)C)C2)c(C)c1. The molecular weight excluding hydrogens is 434 g/mol. The summed E-state index contributed by atoms with van der Waals surface area (Å²) in [5, 5.41) is 0. The van der Waals surface area contributed by atoms with Crippen molar-refractivity contribution in [2.45, 2.75) is 79.8 Å². The number of esters is 1. The first-order valence-corrected chi connectivity index (χ1v) is 12.3. The Hall–Kier alpha value is -2.57. The van der Waals surface area contributed by atoms with Crippen molar-refractivity contribution in [2.24, 2.45) is 11.8 Å². The van der Waals surface area contributed by atoms with Crippen molar-refractivity contribution in [1.29, 1.82) is 0 Å². The van der Waals surface area contributed by atoms with Crippen molar-refractivity contribution in [3.05, 3.63) is 29.3 Å². The van der Waals surface area contributed by atoms with Crippen LogP contribution in [0.4, 0.5) is 4.79 Å². The summed E-state index contributed by atoms with van der Waals surface area (Å²) in [6.07, 6.45) is 4.69. The lowest BCUT2D eigenvalue weighted by Crippen LogP contribution is -2.55. The Labute approximate surface area is 205 Å². The van der Waals surface area contributed by atoms with Gasteiger partial charge in [-0.1, -0.05) is 52.2 Å². The number of nitrogens with zero attached hydrogens (tertiary/aromatic N) is 1. The first kappa shape index (κ1) is 29.5. The molecule has 7 nitrogen and oxygen atoms in total. The summed E-state index contributed by atoms with van der Waals surface area (Å²) in [5.74, 6) is -0.0828. The molecule has 0 N–H and O–H groups in total. The van der Waals surface area contributed by atoms with Gasteiger partial charge in [0.25, 0.3) is 0 Å². The third-order valence-corrected chi connectivity index (χ3v) is 5.10. The number of Topliss-reactive ketones (excluding diaryl/α,β-unsaturated/α-hetero) is 1. The number of ketones is 1. The third kappa shape index (κ3) is 10.6. The molecule has 1 saturated carbocycles. The minimum absolute atomic E-state index is 0.0346. The highest BCUT2D eigenvalue weighted by atomic mass is 16.6. The van der Waals surface area contributed by atoms with E-state index in [-0.39, 0.29) is 30.2 Å². The summed E-state index contributed by atoms with van der Waals surface area (Å²) in [7, 11) is 1.38. The molecule has 0 bridgehead atoms. The molecule has 3 rings (SSSR count). The van der Waals surface area contributed by atoms with E-state index in [1.165, 1.54) is 31.3 Å². The van der Waals surface area contributed by atoms with Crippen molar-refractivity contribution in [3.63, 3.8) is 0 Å². The second kappa shape index (κ2) is 14.0. The van der Waals surface area contributed by atoms with Gasteiger partial charge >= 0.3 is 12.1 Å². The molecule has 0 spiro atoms. The zero-order chi connectivity index (χ0) is 25.9. The number of ether oxygens (including phenoxy) is 3. The van der Waals surface area contributed by atoms with Crippen LogP contribution in [0.2, 0.25) is 0 Å². The van der Waals surface area contributed by atoms with Gasteiger partial charge in [-0.3, -0.25) is 9.59 Å². The smallest absolute Gasteiger partial charge is 0.410 e. The van der Waals surface area contributed by atoms with Gasteiger partial charge in [-0.15, -0.1) is 0 Å². The van der Waals surface area contributed by atoms with Crippen LogP contribution in [0.3, 0.4) is 0 Å². The highest BCUT2D eigenvalue weighted by molar-refractivity contribution is 5.85. The Morgan fingerprint density at radius 1 is 1.09 bits per heavy atom. The van der Waals surface area contributed by atoms with Crippen LogP contribution in [0.15, 0.2) is 18.2 Å². The Morgan fingerprint density at radius 2 is 1.68 bits per heavy atom.